The maximum Gasteiger partial charge on any atom is 0.261 e. The van der Waals surface area contributed by atoms with Crippen molar-refractivity contribution in [3.63, 3.8) is 0 Å². The highest BCUT2D eigenvalue weighted by Gasteiger charge is 2.35. The van der Waals surface area contributed by atoms with Crippen LogP contribution in [0.5, 0.6) is 0 Å². The van der Waals surface area contributed by atoms with Gasteiger partial charge >= 0.3 is 0 Å². The van der Waals surface area contributed by atoms with Crippen LogP contribution in [0.15, 0.2) is 96.4 Å². The Balaban J connectivity index is 1.39. The lowest BCUT2D eigenvalue weighted by molar-refractivity contribution is -0.253. The molecule has 40 heavy (non-hydrogen) atoms. The molecule has 3 unspecified atom stereocenters. The van der Waals surface area contributed by atoms with Crippen molar-refractivity contribution < 1.29 is 23.0 Å². The monoisotopic (exact) mass is 562 g/mol. The number of nitrogens with one attached hydrogen (secondary N) is 1. The van der Waals surface area contributed by atoms with Gasteiger partial charge in [-0.05, 0) is 48.2 Å². The zero-order valence-corrected chi connectivity index (χ0v) is 23.5. The molecule has 1 saturated carbocycles. The van der Waals surface area contributed by atoms with Crippen molar-refractivity contribution in [3.05, 3.63) is 108 Å². The average molecular weight is 563 g/mol. The predicted molar refractivity (Wildman–Crippen MR) is 156 cm³/mol. The highest BCUT2D eigenvalue weighted by molar-refractivity contribution is 7.92. The summed E-state index contributed by atoms with van der Waals surface area (Å²) >= 11 is 0. The van der Waals surface area contributed by atoms with Crippen molar-refractivity contribution in [3.8, 4) is 0 Å². The molecule has 212 valence electrons. The minimum absolute atomic E-state index is 0.0102. The van der Waals surface area contributed by atoms with Crippen LogP contribution in [0.4, 0.5) is 5.69 Å². The van der Waals surface area contributed by atoms with E-state index in [0.29, 0.717) is 18.2 Å². The van der Waals surface area contributed by atoms with Gasteiger partial charge < -0.3 is 14.6 Å². The van der Waals surface area contributed by atoms with Crippen molar-refractivity contribution in [1.29, 1.82) is 0 Å². The van der Waals surface area contributed by atoms with Gasteiger partial charge in [-0.25, -0.2) is 8.42 Å². The number of ether oxygens (including phenoxy) is 2. The Morgan fingerprint density at radius 1 is 0.950 bits per heavy atom. The number of sulfonamides is 1. The first kappa shape index (κ1) is 28.5. The van der Waals surface area contributed by atoms with Gasteiger partial charge in [-0.1, -0.05) is 73.5 Å². The van der Waals surface area contributed by atoms with Gasteiger partial charge in [0, 0.05) is 36.8 Å². The summed E-state index contributed by atoms with van der Waals surface area (Å²) in [6.45, 7) is 5.55. The number of nitrogens with zero attached hydrogens (tertiary/aromatic N) is 1. The Hall–Kier alpha value is -3.01. The number of aliphatic hydroxyl groups is 1. The van der Waals surface area contributed by atoms with Gasteiger partial charge in [-0.3, -0.25) is 9.62 Å². The topological polar surface area (TPSA) is 88.1 Å². The maximum atomic E-state index is 12.9. The SMILES string of the molecule is C=CCN(CC1CC(c2ccc(CO)cc2)OC(c2cccc(NS(=O)(=O)c3ccccc3)c2)O1)C1CCCC1. The quantitative estimate of drug-likeness (QED) is 0.281. The number of benzene rings is 3. The summed E-state index contributed by atoms with van der Waals surface area (Å²) in [5.74, 6) is 0. The van der Waals surface area contributed by atoms with Crippen LogP contribution in [0.2, 0.25) is 0 Å². The van der Waals surface area contributed by atoms with E-state index >= 15 is 0 Å². The number of rotatable bonds is 11. The van der Waals surface area contributed by atoms with Gasteiger partial charge in [0.25, 0.3) is 10.0 Å². The highest BCUT2D eigenvalue weighted by atomic mass is 32.2. The summed E-state index contributed by atoms with van der Waals surface area (Å²) in [7, 11) is -3.73. The molecule has 0 amide bonds. The molecular formula is C32H38N2O5S. The van der Waals surface area contributed by atoms with Gasteiger partial charge in [0.1, 0.15) is 0 Å². The Labute approximate surface area is 237 Å². The Morgan fingerprint density at radius 2 is 1.70 bits per heavy atom. The second-order valence-electron chi connectivity index (χ2n) is 10.6. The molecule has 1 aliphatic heterocycles. The summed E-state index contributed by atoms with van der Waals surface area (Å²) in [6.07, 6.45) is 6.56. The van der Waals surface area contributed by atoms with E-state index in [1.807, 2.05) is 42.5 Å². The van der Waals surface area contributed by atoms with E-state index in [1.165, 1.54) is 25.7 Å². The first-order valence-electron chi connectivity index (χ1n) is 14.0. The van der Waals surface area contributed by atoms with Crippen molar-refractivity contribution in [2.45, 2.75) is 68.1 Å². The molecule has 3 aromatic rings. The lowest BCUT2D eigenvalue weighted by Crippen LogP contribution is -2.43. The first-order valence-corrected chi connectivity index (χ1v) is 15.5. The number of hydrogen-bond acceptors (Lipinski definition) is 6. The summed E-state index contributed by atoms with van der Waals surface area (Å²) in [5, 5.41) is 9.49. The van der Waals surface area contributed by atoms with Crippen molar-refractivity contribution in [1.82, 2.24) is 4.90 Å². The molecule has 2 fully saturated rings. The fraction of sp³-hybridized carbons (Fsp3) is 0.375. The molecule has 3 atom stereocenters. The molecule has 1 saturated heterocycles. The van der Waals surface area contributed by atoms with Gasteiger partial charge in [0.05, 0.1) is 23.7 Å². The van der Waals surface area contributed by atoms with E-state index in [2.05, 4.69) is 16.2 Å². The molecule has 0 radical (unpaired) electrons. The zero-order chi connectivity index (χ0) is 28.0. The molecule has 0 spiro atoms. The van der Waals surface area contributed by atoms with E-state index in [4.69, 9.17) is 9.47 Å². The van der Waals surface area contributed by atoms with Crippen LogP contribution >= 0.6 is 0 Å². The first-order chi connectivity index (χ1) is 19.4. The molecule has 1 aliphatic carbocycles. The minimum Gasteiger partial charge on any atom is -0.392 e. The van der Waals surface area contributed by atoms with Crippen LogP contribution in [0.25, 0.3) is 0 Å². The van der Waals surface area contributed by atoms with E-state index < -0.39 is 16.3 Å². The lowest BCUT2D eigenvalue weighted by atomic mass is 9.99. The summed E-state index contributed by atoms with van der Waals surface area (Å²) in [5.41, 5.74) is 3.05. The van der Waals surface area contributed by atoms with E-state index in [9.17, 15) is 13.5 Å². The fourth-order valence-corrected chi connectivity index (χ4v) is 6.74. The largest absolute Gasteiger partial charge is 0.392 e. The molecule has 3 aromatic carbocycles. The number of hydrogen-bond donors (Lipinski definition) is 2. The smallest absolute Gasteiger partial charge is 0.261 e. The lowest BCUT2D eigenvalue weighted by Gasteiger charge is -2.39. The Bertz CT molecular complexity index is 1360. The van der Waals surface area contributed by atoms with Gasteiger partial charge in [-0.2, -0.15) is 0 Å². The third-order valence-corrected chi connectivity index (χ3v) is 9.12. The molecule has 1 heterocycles. The second-order valence-corrected chi connectivity index (χ2v) is 12.3. The van der Waals surface area contributed by atoms with Crippen LogP contribution in [-0.4, -0.2) is 43.7 Å². The highest BCUT2D eigenvalue weighted by Crippen LogP contribution is 2.39. The van der Waals surface area contributed by atoms with Crippen molar-refractivity contribution in [2.24, 2.45) is 0 Å². The van der Waals surface area contributed by atoms with Crippen molar-refractivity contribution >= 4 is 15.7 Å². The van der Waals surface area contributed by atoms with Crippen LogP contribution < -0.4 is 4.72 Å². The van der Waals surface area contributed by atoms with Crippen molar-refractivity contribution in [2.75, 3.05) is 17.8 Å². The maximum absolute atomic E-state index is 12.9. The average Bonchev–Trinajstić information content (AvgIpc) is 3.52. The van der Waals surface area contributed by atoms with Gasteiger partial charge in [0.2, 0.25) is 0 Å². The van der Waals surface area contributed by atoms with Crippen LogP contribution in [0.3, 0.4) is 0 Å². The normalized spacial score (nSPS) is 21.9. The van der Waals surface area contributed by atoms with Gasteiger partial charge in [-0.15, -0.1) is 6.58 Å². The summed E-state index contributed by atoms with van der Waals surface area (Å²) < 4.78 is 41.6. The zero-order valence-electron chi connectivity index (χ0n) is 22.7. The molecule has 2 aliphatic rings. The Kier molecular flexibility index (Phi) is 9.34. The molecule has 0 aromatic heterocycles. The molecule has 5 rings (SSSR count). The van der Waals surface area contributed by atoms with E-state index in [0.717, 1.165) is 29.8 Å². The summed E-state index contributed by atoms with van der Waals surface area (Å²) in [4.78, 5) is 2.68. The van der Waals surface area contributed by atoms with E-state index in [-0.39, 0.29) is 23.7 Å². The van der Waals surface area contributed by atoms with Gasteiger partial charge in [0.15, 0.2) is 6.29 Å². The number of aliphatic hydroxyl groups excluding tert-OH is 1. The third kappa shape index (κ3) is 7.00. The fourth-order valence-electron chi connectivity index (χ4n) is 5.66. The Morgan fingerprint density at radius 3 is 2.40 bits per heavy atom. The molecule has 8 heteroatoms. The van der Waals surface area contributed by atoms with Crippen LogP contribution in [0, 0.1) is 0 Å². The molecule has 7 nitrogen and oxygen atoms in total. The van der Waals surface area contributed by atoms with Crippen LogP contribution in [0.1, 0.15) is 61.2 Å². The van der Waals surface area contributed by atoms with E-state index in [1.54, 1.807) is 42.5 Å². The standard InChI is InChI=1S/C32H38N2O5S/c1-2-19-34(28-11-6-7-12-28)22-29-21-31(25-17-15-24(23-35)16-18-25)39-32(38-29)26-9-8-10-27(20-26)33-40(36,37)30-13-4-3-5-14-30/h2-5,8-10,13-18,20,28-29,31-33,35H,1,6-7,11-12,19,21-23H2. The second kappa shape index (κ2) is 13.1. The summed E-state index contributed by atoms with van der Waals surface area (Å²) in [6, 6.07) is 23.9. The third-order valence-electron chi connectivity index (χ3n) is 7.72. The molecule has 2 N–H and O–H groups in total. The number of anilines is 1. The minimum atomic E-state index is -3.73. The predicted octanol–water partition coefficient (Wildman–Crippen LogP) is 5.96. The molecular weight excluding hydrogens is 524 g/mol. The van der Waals surface area contributed by atoms with Crippen LogP contribution in [-0.2, 0) is 26.1 Å². The molecule has 0 bridgehead atoms.